The van der Waals surface area contributed by atoms with Gasteiger partial charge >= 0.3 is 0 Å². The molecule has 0 N–H and O–H groups in total. The summed E-state index contributed by atoms with van der Waals surface area (Å²) in [5.41, 5.74) is 17.6. The van der Waals surface area contributed by atoms with E-state index >= 15 is 26.3 Å². The predicted molar refractivity (Wildman–Crippen MR) is 440 cm³/mol. The second kappa shape index (κ2) is 29.5. The smallest absolute Gasteiger partial charge is 0.155 e. The molecule has 12 unspecified atom stereocenters. The van der Waals surface area contributed by atoms with E-state index < -0.39 is 46.6 Å². The van der Waals surface area contributed by atoms with Crippen LogP contribution >= 0.6 is 0 Å². The van der Waals surface area contributed by atoms with Gasteiger partial charge in [0.15, 0.2) is 12.0 Å². The van der Waals surface area contributed by atoms with Gasteiger partial charge in [0.25, 0.3) is 0 Å². The van der Waals surface area contributed by atoms with Crippen molar-refractivity contribution >= 4 is 17.8 Å². The van der Waals surface area contributed by atoms with Crippen LogP contribution in [0.2, 0.25) is 0 Å². The molecule has 7 aromatic carbocycles. The molecule has 564 valence electrons. The quantitative estimate of drug-likeness (QED) is 0.0632. The topological polar surface area (TPSA) is 34.2 Å². The molecule has 0 saturated heterocycles. The van der Waals surface area contributed by atoms with Crippen molar-refractivity contribution in [2.24, 2.45) is 17.8 Å². The average molecular weight is 1500 g/mol. The van der Waals surface area contributed by atoms with Crippen LogP contribution in [0.15, 0.2) is 361 Å². The Balaban J connectivity index is 0.621. The van der Waals surface area contributed by atoms with E-state index in [2.05, 4.69) is 181 Å². The van der Waals surface area contributed by atoms with E-state index in [1.54, 1.807) is 36.4 Å². The van der Waals surface area contributed by atoms with Crippen LogP contribution < -0.4 is 19.1 Å². The van der Waals surface area contributed by atoms with Gasteiger partial charge < -0.3 is 24.0 Å². The van der Waals surface area contributed by atoms with Gasteiger partial charge in [-0.1, -0.05) is 206 Å². The number of alkyl halides is 1. The summed E-state index contributed by atoms with van der Waals surface area (Å²) >= 11 is 0. The molecule has 1 aliphatic heterocycles. The largest absolute Gasteiger partial charge is 0.485 e. The third-order valence-corrected chi connectivity index (χ3v) is 25.9. The molecule has 0 spiro atoms. The van der Waals surface area contributed by atoms with Crippen molar-refractivity contribution in [3.63, 3.8) is 0 Å². The molecule has 1 heterocycles. The van der Waals surface area contributed by atoms with Gasteiger partial charge in [0.05, 0.1) is 11.5 Å². The highest BCUT2D eigenvalue weighted by molar-refractivity contribution is 5.68. The average Bonchev–Trinajstić information content (AvgIpc) is 1.55. The molecule has 0 aromatic heterocycles. The molecule has 0 saturated carbocycles. The van der Waals surface area contributed by atoms with E-state index in [4.69, 9.17) is 14.2 Å². The Kier molecular flexibility index (Phi) is 18.7. The minimum Gasteiger partial charge on any atom is -0.485 e. The summed E-state index contributed by atoms with van der Waals surface area (Å²) in [5, 5.41) is 0. The van der Waals surface area contributed by atoms with Gasteiger partial charge in [-0.25, -0.2) is 26.3 Å². The van der Waals surface area contributed by atoms with Crippen LogP contribution in [-0.4, -0.2) is 23.2 Å². The lowest BCUT2D eigenvalue weighted by Gasteiger charge is -2.46. The number of hydrogen-bond donors (Lipinski definition) is 0. The molecule has 5 nitrogen and oxygen atoms in total. The first-order valence-corrected chi connectivity index (χ1v) is 40.0. The molecule has 12 atom stereocenters. The Morgan fingerprint density at radius 3 is 2.03 bits per heavy atom. The number of rotatable bonds is 18. The molecule has 7 aromatic rings. The molecule has 11 heteroatoms. The van der Waals surface area contributed by atoms with E-state index in [9.17, 15) is 0 Å². The zero-order chi connectivity index (χ0) is 76.6. The number of halogens is 6. The molecule has 12 aliphatic rings. The van der Waals surface area contributed by atoms with Crippen molar-refractivity contribution in [3.05, 3.63) is 422 Å². The van der Waals surface area contributed by atoms with E-state index in [1.165, 1.54) is 45.6 Å². The second-order valence-corrected chi connectivity index (χ2v) is 31.9. The summed E-state index contributed by atoms with van der Waals surface area (Å²) in [6, 6.07) is 52.6. The van der Waals surface area contributed by atoms with Crippen molar-refractivity contribution in [2.45, 2.75) is 130 Å². The summed E-state index contributed by atoms with van der Waals surface area (Å²) in [5.74, 6) is 0.912. The van der Waals surface area contributed by atoms with Crippen LogP contribution in [0.1, 0.15) is 156 Å². The van der Waals surface area contributed by atoms with Crippen LogP contribution in [0.4, 0.5) is 32.0 Å². The highest BCUT2D eigenvalue weighted by atomic mass is 19.2. The van der Waals surface area contributed by atoms with Crippen molar-refractivity contribution in [2.75, 3.05) is 4.90 Å². The van der Waals surface area contributed by atoms with Gasteiger partial charge in [0.2, 0.25) is 0 Å². The third kappa shape index (κ3) is 12.7. The number of fused-ring (bicyclic) bond motifs is 9. The lowest BCUT2D eigenvalue weighted by molar-refractivity contribution is 0.264. The van der Waals surface area contributed by atoms with Crippen LogP contribution in [0.5, 0.6) is 23.0 Å². The Bertz CT molecular complexity index is 5570. The zero-order valence-electron chi connectivity index (χ0n) is 62.8. The molecular formula is C102H86F6N2O3. The Morgan fingerprint density at radius 2 is 1.29 bits per heavy atom. The fraction of sp³-hybridized carbons (Fsp3) is 0.235. The van der Waals surface area contributed by atoms with E-state index in [0.717, 1.165) is 105 Å². The van der Waals surface area contributed by atoms with Crippen molar-refractivity contribution < 1.29 is 40.6 Å². The van der Waals surface area contributed by atoms with Crippen LogP contribution in [0, 0.1) is 23.6 Å². The Hall–Kier alpha value is -11.6. The maximum absolute atomic E-state index is 15.9. The van der Waals surface area contributed by atoms with Crippen LogP contribution in [-0.2, 0) is 10.8 Å². The fourth-order valence-corrected chi connectivity index (χ4v) is 20.8. The van der Waals surface area contributed by atoms with Gasteiger partial charge in [-0.05, 0) is 222 Å². The summed E-state index contributed by atoms with van der Waals surface area (Å²) in [7, 11) is 0. The lowest BCUT2D eigenvalue weighted by Crippen LogP contribution is -2.40. The van der Waals surface area contributed by atoms with E-state index in [1.807, 2.05) is 84.9 Å². The molecule has 19 rings (SSSR count). The normalized spacial score (nSPS) is 27.5. The zero-order valence-corrected chi connectivity index (χ0v) is 62.8. The first-order chi connectivity index (χ1) is 55.3. The van der Waals surface area contributed by atoms with Crippen molar-refractivity contribution in [3.8, 4) is 23.0 Å². The molecule has 0 amide bonds. The number of allylic oxidation sites excluding steroid dienone is 26. The number of ether oxygens (including phenoxy) is 3. The minimum absolute atomic E-state index is 0.00192. The second-order valence-electron chi connectivity index (χ2n) is 31.9. The summed E-state index contributed by atoms with van der Waals surface area (Å²) < 4.78 is 113. The molecule has 0 radical (unpaired) electrons. The number of anilines is 1. The molecule has 113 heavy (non-hydrogen) atoms. The van der Waals surface area contributed by atoms with Gasteiger partial charge in [-0.3, -0.25) is 0 Å². The molecule has 0 bridgehead atoms. The monoisotopic (exact) mass is 1500 g/mol. The third-order valence-electron chi connectivity index (χ3n) is 25.9. The minimum atomic E-state index is -1.74. The van der Waals surface area contributed by atoms with E-state index in [0.29, 0.717) is 55.0 Å². The summed E-state index contributed by atoms with van der Waals surface area (Å²) in [6.45, 7) is 7.81. The van der Waals surface area contributed by atoms with Gasteiger partial charge in [-0.2, -0.15) is 0 Å². The Morgan fingerprint density at radius 1 is 0.558 bits per heavy atom. The highest BCUT2D eigenvalue weighted by Crippen LogP contribution is 2.66. The summed E-state index contributed by atoms with van der Waals surface area (Å²) in [6.07, 6.45) is 49.2. The Labute approximate surface area is 657 Å². The summed E-state index contributed by atoms with van der Waals surface area (Å²) in [4.78, 5) is 4.23. The number of hydrogen-bond acceptors (Lipinski definition) is 5. The van der Waals surface area contributed by atoms with Crippen molar-refractivity contribution in [1.29, 1.82) is 0 Å². The molecule has 11 aliphatic carbocycles. The number of nitrogens with zero attached hydrogens (tertiary/aromatic N) is 2. The van der Waals surface area contributed by atoms with Gasteiger partial charge in [-0.15, -0.1) is 0 Å². The maximum atomic E-state index is 15.9. The van der Waals surface area contributed by atoms with Gasteiger partial charge in [0, 0.05) is 101 Å². The first kappa shape index (κ1) is 71.7. The van der Waals surface area contributed by atoms with Gasteiger partial charge in [0.1, 0.15) is 58.2 Å². The van der Waals surface area contributed by atoms with Crippen LogP contribution in [0.25, 0.3) is 12.2 Å². The predicted octanol–water partition coefficient (Wildman–Crippen LogP) is 26.4. The highest BCUT2D eigenvalue weighted by Gasteiger charge is 2.57. The number of benzene rings is 7. The lowest BCUT2D eigenvalue weighted by atomic mass is 9.57. The standard InChI is InChI=1S/C102H86F6N2O3/c1-3-63-19-41-81(42-20-63)111-83-45-29-71(30-46-83)101(69-25-33-73(103)34-26-69)91-17-7-5-15-85(91)87-49-23-67(57-93(87)101)65-11-9-13-75(55-65)109(77-39-53-95(105)97(107)59-77)79-37-51-89-90-52-38-80(62-100(90)113-99(89)61-79)110(78-40-54-96(106)98(108)60-78)76-14-10-12-66(56-76)68-24-50-88-86-16-6-8-18-92(86)102(94(88)58-68,70-27-35-74(104)36-28-70)72-31-47-84(48-32-72)112-82-43-21-64(4-2)22-44-82/h3-5,7-8,10-12,14-15,17-25,27-29,31-33,35-45,47-52,54-55,58-59,61-62,66-67,78,86-87,89,92-93,95,99H,1-2,6,9,13,16,26,30,34,46,53,56-57,60H2. The maximum Gasteiger partial charge on any atom is 0.155 e. The van der Waals surface area contributed by atoms with Crippen molar-refractivity contribution in [1.82, 2.24) is 4.90 Å². The molecule has 0 fully saturated rings. The fourth-order valence-electron chi connectivity index (χ4n) is 20.8. The van der Waals surface area contributed by atoms with Crippen LogP contribution in [0.3, 0.4) is 0 Å². The molecular weight excluding hydrogens is 1420 g/mol. The SMILES string of the molecule is C=Cc1ccc(OC2=CC=C(C3(C4=CC=C(F)CC4)c4ccccc4C4C=CC(C5=CCCC(N(C6=CCC(F)C(F)=C6)C6=CC7Oc8cc(N(C9=CC=CC(c%10ccc%11c(c%10)C(c%10ccc(F)cc%10)(c%10ccc(Oc%12ccc(C=C)cc%12)cc%10)C%10C=CCCC%11%10)C9)C9C=CC(F)=C(F)C9)ccc8C7C=C6)=C5)CC43)CC2)cc1. The first-order valence-electron chi connectivity index (χ1n) is 40.0. The van der Waals surface area contributed by atoms with E-state index in [-0.39, 0.29) is 65.9 Å².